The summed E-state index contributed by atoms with van der Waals surface area (Å²) in [5.74, 6) is 0. The first kappa shape index (κ1) is 12.3. The van der Waals surface area contributed by atoms with Crippen molar-refractivity contribution in [2.75, 3.05) is 0 Å². The van der Waals surface area contributed by atoms with Gasteiger partial charge in [-0.3, -0.25) is 0 Å². The van der Waals surface area contributed by atoms with Crippen LogP contribution in [0.3, 0.4) is 0 Å². The monoisotopic (exact) mass is 260 g/mol. The Morgan fingerprint density at radius 2 is 2.00 bits per heavy atom. The van der Waals surface area contributed by atoms with E-state index in [4.69, 9.17) is 0 Å². The Morgan fingerprint density at radius 3 is 2.67 bits per heavy atom. The fraction of sp³-hybridized carbons (Fsp3) is 0.500. The van der Waals surface area contributed by atoms with Crippen LogP contribution in [0.15, 0.2) is 30.8 Å². The summed E-state index contributed by atoms with van der Waals surface area (Å²) in [4.78, 5) is 0. The lowest BCUT2D eigenvalue weighted by molar-refractivity contribution is 0.00811. The van der Waals surface area contributed by atoms with E-state index in [9.17, 15) is 5.11 Å². The van der Waals surface area contributed by atoms with E-state index in [0.29, 0.717) is 10.5 Å². The molecule has 0 aliphatic carbocycles. The number of benzene rings is 1. The molecule has 2 heteroatoms. The molecule has 2 bridgehead atoms. The van der Waals surface area contributed by atoms with Gasteiger partial charge >= 0.3 is 0 Å². The van der Waals surface area contributed by atoms with E-state index in [1.54, 1.807) is 0 Å². The molecule has 96 valence electrons. The van der Waals surface area contributed by atoms with Gasteiger partial charge in [-0.15, -0.1) is 0 Å². The van der Waals surface area contributed by atoms with E-state index < -0.39 is 5.60 Å². The van der Waals surface area contributed by atoms with Gasteiger partial charge in [0.2, 0.25) is 0 Å². The minimum absolute atomic E-state index is 0.611. The third-order valence-corrected chi connectivity index (χ3v) is 5.80. The van der Waals surface area contributed by atoms with Crippen molar-refractivity contribution in [2.45, 2.75) is 48.2 Å². The number of hydrogen-bond donors (Lipinski definition) is 1. The Labute approximate surface area is 113 Å². The van der Waals surface area contributed by atoms with Gasteiger partial charge in [-0.05, 0) is 42.9 Å². The summed E-state index contributed by atoms with van der Waals surface area (Å²) in [5.41, 5.74) is 1.57. The van der Waals surface area contributed by atoms with Gasteiger partial charge in [-0.2, -0.15) is 11.8 Å². The van der Waals surface area contributed by atoms with Crippen LogP contribution >= 0.6 is 11.8 Å². The molecule has 2 unspecified atom stereocenters. The molecule has 0 radical (unpaired) electrons. The van der Waals surface area contributed by atoms with Crippen molar-refractivity contribution in [3.05, 3.63) is 42.0 Å². The molecule has 0 aromatic heterocycles. The smallest absolute Gasteiger partial charge is 0.0917 e. The van der Waals surface area contributed by atoms with E-state index in [2.05, 4.69) is 30.5 Å². The van der Waals surface area contributed by atoms with E-state index in [-0.39, 0.29) is 0 Å². The molecule has 2 atom stereocenters. The molecule has 2 aliphatic rings. The zero-order valence-corrected chi connectivity index (χ0v) is 11.5. The van der Waals surface area contributed by atoms with E-state index >= 15 is 0 Å². The minimum atomic E-state index is -0.611. The molecule has 2 aliphatic heterocycles. The maximum Gasteiger partial charge on any atom is 0.0917 e. The van der Waals surface area contributed by atoms with E-state index in [0.717, 1.165) is 24.0 Å². The van der Waals surface area contributed by atoms with Gasteiger partial charge in [-0.25, -0.2) is 0 Å². The Morgan fingerprint density at radius 1 is 1.28 bits per heavy atom. The normalized spacial score (nSPS) is 35.2. The van der Waals surface area contributed by atoms with Crippen molar-refractivity contribution in [2.24, 2.45) is 0 Å². The highest BCUT2D eigenvalue weighted by molar-refractivity contribution is 8.00. The summed E-state index contributed by atoms with van der Waals surface area (Å²) in [6.07, 6.45) is 7.55. The highest BCUT2D eigenvalue weighted by Crippen LogP contribution is 2.49. The van der Waals surface area contributed by atoms with Gasteiger partial charge in [0.1, 0.15) is 0 Å². The van der Waals surface area contributed by atoms with Crippen molar-refractivity contribution < 1.29 is 5.11 Å². The van der Waals surface area contributed by atoms with Gasteiger partial charge in [0.15, 0.2) is 0 Å². The second kappa shape index (κ2) is 4.75. The summed E-state index contributed by atoms with van der Waals surface area (Å²) in [7, 11) is 0. The molecule has 1 aromatic rings. The molecule has 0 saturated carbocycles. The van der Waals surface area contributed by atoms with Crippen molar-refractivity contribution in [3.8, 4) is 0 Å². The van der Waals surface area contributed by atoms with Crippen LogP contribution in [0.25, 0.3) is 6.08 Å². The van der Waals surface area contributed by atoms with Crippen molar-refractivity contribution in [3.63, 3.8) is 0 Å². The predicted molar refractivity (Wildman–Crippen MR) is 78.7 cm³/mol. The highest BCUT2D eigenvalue weighted by atomic mass is 32.2. The molecule has 2 fully saturated rings. The maximum atomic E-state index is 11.0. The second-order valence-electron chi connectivity index (χ2n) is 5.58. The van der Waals surface area contributed by atoms with Gasteiger partial charge in [0.05, 0.1) is 5.60 Å². The molecule has 0 amide bonds. The Balaban J connectivity index is 1.91. The molecule has 1 aromatic carbocycles. The topological polar surface area (TPSA) is 20.2 Å². The molecule has 2 saturated heterocycles. The Bertz CT molecular complexity index is 442. The Kier molecular flexibility index (Phi) is 3.25. The third kappa shape index (κ3) is 2.24. The van der Waals surface area contributed by atoms with Crippen LogP contribution in [0.5, 0.6) is 0 Å². The molecular weight excluding hydrogens is 240 g/mol. The van der Waals surface area contributed by atoms with Crippen LogP contribution in [-0.2, 0) is 5.60 Å². The van der Waals surface area contributed by atoms with Crippen LogP contribution < -0.4 is 0 Å². The molecule has 1 nitrogen and oxygen atoms in total. The predicted octanol–water partition coefficient (Wildman–Crippen LogP) is 3.97. The summed E-state index contributed by atoms with van der Waals surface area (Å²) in [5, 5.41) is 12.3. The van der Waals surface area contributed by atoms with Crippen LogP contribution in [0.1, 0.15) is 43.2 Å². The number of fused-ring (bicyclic) bond motifs is 2. The standard InChI is InChI=1S/C16H20OS/c1-2-12-5-3-6-13(9-12)16(17)10-14-7-4-8-15(11-16)18-14/h2-3,5-6,9,14-15,17H,1,4,7-8,10-11H2. The Hall–Kier alpha value is -0.730. The van der Waals surface area contributed by atoms with Crippen molar-refractivity contribution in [1.29, 1.82) is 0 Å². The van der Waals surface area contributed by atoms with Gasteiger partial charge in [0.25, 0.3) is 0 Å². The lowest BCUT2D eigenvalue weighted by atomic mass is 9.80. The van der Waals surface area contributed by atoms with Crippen LogP contribution in [0.4, 0.5) is 0 Å². The first-order valence-electron chi connectivity index (χ1n) is 6.80. The summed E-state index contributed by atoms with van der Waals surface area (Å²) in [6, 6.07) is 8.23. The zero-order valence-electron chi connectivity index (χ0n) is 10.6. The molecular formula is C16H20OS. The van der Waals surface area contributed by atoms with E-state index in [1.165, 1.54) is 19.3 Å². The largest absolute Gasteiger partial charge is 0.385 e. The second-order valence-corrected chi connectivity index (χ2v) is 7.19. The minimum Gasteiger partial charge on any atom is -0.385 e. The van der Waals surface area contributed by atoms with Gasteiger partial charge in [0, 0.05) is 10.5 Å². The van der Waals surface area contributed by atoms with Crippen molar-refractivity contribution >= 4 is 17.8 Å². The van der Waals surface area contributed by atoms with E-state index in [1.807, 2.05) is 18.2 Å². The fourth-order valence-corrected chi connectivity index (χ4v) is 5.20. The van der Waals surface area contributed by atoms with Crippen LogP contribution in [-0.4, -0.2) is 15.6 Å². The number of aliphatic hydroxyl groups is 1. The fourth-order valence-electron chi connectivity index (χ4n) is 3.31. The lowest BCUT2D eigenvalue weighted by Gasteiger charge is -2.44. The quantitative estimate of drug-likeness (QED) is 0.868. The molecule has 2 heterocycles. The van der Waals surface area contributed by atoms with Gasteiger partial charge in [-0.1, -0.05) is 37.3 Å². The summed E-state index contributed by atoms with van der Waals surface area (Å²) in [6.45, 7) is 3.81. The number of rotatable bonds is 2. The maximum absolute atomic E-state index is 11.0. The first-order valence-corrected chi connectivity index (χ1v) is 7.75. The number of hydrogen-bond acceptors (Lipinski definition) is 2. The molecule has 0 spiro atoms. The first-order chi connectivity index (χ1) is 8.69. The molecule has 1 N–H and O–H groups in total. The van der Waals surface area contributed by atoms with Crippen LogP contribution in [0.2, 0.25) is 0 Å². The van der Waals surface area contributed by atoms with Crippen LogP contribution in [0, 0.1) is 0 Å². The highest BCUT2D eigenvalue weighted by Gasteiger charge is 2.42. The number of thioether (sulfide) groups is 1. The third-order valence-electron chi connectivity index (χ3n) is 4.23. The zero-order chi connectivity index (χ0) is 12.6. The lowest BCUT2D eigenvalue weighted by Crippen LogP contribution is -2.40. The average molecular weight is 260 g/mol. The summed E-state index contributed by atoms with van der Waals surface area (Å²) >= 11 is 2.10. The molecule has 3 rings (SSSR count). The van der Waals surface area contributed by atoms with Gasteiger partial charge < -0.3 is 5.11 Å². The SMILES string of the molecule is C=Cc1cccc(C2(O)CC3CCCC(C2)S3)c1. The van der Waals surface area contributed by atoms with Crippen molar-refractivity contribution in [1.82, 2.24) is 0 Å². The average Bonchev–Trinajstić information content (AvgIpc) is 2.38. The summed E-state index contributed by atoms with van der Waals surface area (Å²) < 4.78 is 0. The molecule has 18 heavy (non-hydrogen) atoms.